The SMILES string of the molecule is COc1ccc(F)cc1CN1CCN(C(=O)CC2c3ccccc3CCN2C(C)=O)CC1. The molecule has 2 aliphatic heterocycles. The number of carbonyl (C=O) groups excluding carboxylic acids is 2. The van der Waals surface area contributed by atoms with Crippen LogP contribution < -0.4 is 4.74 Å². The number of halogens is 1. The average molecular weight is 440 g/mol. The number of piperazine rings is 1. The normalized spacial score (nSPS) is 18.9. The third kappa shape index (κ3) is 4.78. The molecule has 0 saturated carbocycles. The fraction of sp³-hybridized carbons (Fsp3) is 0.440. The van der Waals surface area contributed by atoms with Crippen molar-refractivity contribution in [3.8, 4) is 5.75 Å². The first kappa shape index (κ1) is 22.3. The van der Waals surface area contributed by atoms with E-state index in [1.807, 2.05) is 28.0 Å². The summed E-state index contributed by atoms with van der Waals surface area (Å²) in [6.07, 6.45) is 1.12. The molecule has 0 radical (unpaired) electrons. The van der Waals surface area contributed by atoms with Gasteiger partial charge in [-0.1, -0.05) is 24.3 Å². The Balaban J connectivity index is 1.38. The number of hydrogen-bond donors (Lipinski definition) is 0. The van der Waals surface area contributed by atoms with Gasteiger partial charge in [-0.2, -0.15) is 0 Å². The van der Waals surface area contributed by atoms with Crippen LogP contribution in [0, 0.1) is 5.82 Å². The Bertz CT molecular complexity index is 988. The molecule has 1 fully saturated rings. The number of rotatable bonds is 5. The van der Waals surface area contributed by atoms with E-state index < -0.39 is 0 Å². The standard InChI is InChI=1S/C25H30FN3O3/c1-18(30)29-10-9-19-5-3-4-6-22(19)23(29)16-25(31)28-13-11-27(12-14-28)17-20-15-21(26)7-8-24(20)32-2/h3-8,15,23H,9-14,16-17H2,1-2H3. The molecule has 6 nitrogen and oxygen atoms in total. The number of benzene rings is 2. The minimum atomic E-state index is -0.280. The monoisotopic (exact) mass is 439 g/mol. The van der Waals surface area contributed by atoms with Gasteiger partial charge in [-0.25, -0.2) is 4.39 Å². The zero-order chi connectivity index (χ0) is 22.7. The van der Waals surface area contributed by atoms with Crippen LogP contribution >= 0.6 is 0 Å². The molecular weight excluding hydrogens is 409 g/mol. The largest absolute Gasteiger partial charge is 0.496 e. The van der Waals surface area contributed by atoms with E-state index in [-0.39, 0.29) is 23.7 Å². The molecule has 32 heavy (non-hydrogen) atoms. The smallest absolute Gasteiger partial charge is 0.225 e. The van der Waals surface area contributed by atoms with E-state index in [9.17, 15) is 14.0 Å². The lowest BCUT2D eigenvalue weighted by Gasteiger charge is -2.39. The van der Waals surface area contributed by atoms with Crippen molar-refractivity contribution in [2.75, 3.05) is 39.8 Å². The second kappa shape index (κ2) is 9.69. The van der Waals surface area contributed by atoms with Crippen molar-refractivity contribution in [2.45, 2.75) is 32.4 Å². The number of nitrogens with zero attached hydrogens (tertiary/aromatic N) is 3. The maximum atomic E-state index is 13.7. The van der Waals surface area contributed by atoms with Crippen molar-refractivity contribution >= 4 is 11.8 Å². The maximum absolute atomic E-state index is 13.7. The Morgan fingerprint density at radius 2 is 1.81 bits per heavy atom. The third-order valence-electron chi connectivity index (χ3n) is 6.55. The van der Waals surface area contributed by atoms with Crippen LogP contribution in [0.1, 0.15) is 36.1 Å². The van der Waals surface area contributed by atoms with Crippen LogP contribution in [-0.4, -0.2) is 66.3 Å². The summed E-state index contributed by atoms with van der Waals surface area (Å²) < 4.78 is 19.0. The fourth-order valence-electron chi connectivity index (χ4n) is 4.81. The van der Waals surface area contributed by atoms with Gasteiger partial charge < -0.3 is 14.5 Å². The molecule has 0 N–H and O–H groups in total. The molecule has 1 atom stereocenters. The quantitative estimate of drug-likeness (QED) is 0.719. The molecular formula is C25H30FN3O3. The highest BCUT2D eigenvalue weighted by Gasteiger charge is 2.32. The Kier molecular flexibility index (Phi) is 6.74. The Morgan fingerprint density at radius 3 is 2.53 bits per heavy atom. The lowest BCUT2D eigenvalue weighted by molar-refractivity contribution is -0.137. The first-order chi connectivity index (χ1) is 15.5. The molecule has 1 unspecified atom stereocenters. The van der Waals surface area contributed by atoms with Gasteiger partial charge in [0.2, 0.25) is 11.8 Å². The summed E-state index contributed by atoms with van der Waals surface area (Å²) in [7, 11) is 1.58. The number of fused-ring (bicyclic) bond motifs is 1. The van der Waals surface area contributed by atoms with E-state index in [4.69, 9.17) is 4.74 Å². The Hall–Kier alpha value is -2.93. The maximum Gasteiger partial charge on any atom is 0.225 e. The highest BCUT2D eigenvalue weighted by atomic mass is 19.1. The van der Waals surface area contributed by atoms with Gasteiger partial charge in [0, 0.05) is 51.8 Å². The van der Waals surface area contributed by atoms with Gasteiger partial charge in [0.05, 0.1) is 19.6 Å². The van der Waals surface area contributed by atoms with Gasteiger partial charge in [-0.15, -0.1) is 0 Å². The van der Waals surface area contributed by atoms with Gasteiger partial charge in [-0.05, 0) is 35.7 Å². The number of ether oxygens (including phenoxy) is 1. The first-order valence-electron chi connectivity index (χ1n) is 11.1. The molecule has 1 saturated heterocycles. The second-order valence-electron chi connectivity index (χ2n) is 8.49. The average Bonchev–Trinajstić information content (AvgIpc) is 2.79. The molecule has 2 aromatic rings. The topological polar surface area (TPSA) is 53.1 Å². The van der Waals surface area contributed by atoms with E-state index in [2.05, 4.69) is 11.0 Å². The van der Waals surface area contributed by atoms with Crippen LogP contribution in [0.5, 0.6) is 5.75 Å². The van der Waals surface area contributed by atoms with Gasteiger partial charge in [0.15, 0.2) is 0 Å². The Morgan fingerprint density at radius 1 is 1.06 bits per heavy atom. The van der Waals surface area contributed by atoms with E-state index in [1.54, 1.807) is 20.1 Å². The first-order valence-corrected chi connectivity index (χ1v) is 11.1. The summed E-state index contributed by atoms with van der Waals surface area (Å²) in [5.74, 6) is 0.467. The molecule has 170 valence electrons. The molecule has 4 rings (SSSR count). The van der Waals surface area contributed by atoms with Crippen LogP contribution in [-0.2, 0) is 22.6 Å². The molecule has 2 amide bonds. The van der Waals surface area contributed by atoms with Crippen LogP contribution in [0.25, 0.3) is 0 Å². The molecule has 7 heteroatoms. The van der Waals surface area contributed by atoms with Crippen LogP contribution in [0.3, 0.4) is 0 Å². The van der Waals surface area contributed by atoms with Crippen molar-refractivity contribution in [3.63, 3.8) is 0 Å². The van der Waals surface area contributed by atoms with Crippen LogP contribution in [0.15, 0.2) is 42.5 Å². The summed E-state index contributed by atoms with van der Waals surface area (Å²) in [4.78, 5) is 31.3. The van der Waals surface area contributed by atoms with E-state index in [0.717, 1.165) is 17.5 Å². The van der Waals surface area contributed by atoms with Gasteiger partial charge in [-0.3, -0.25) is 14.5 Å². The minimum absolute atomic E-state index is 0.00571. The predicted octanol–water partition coefficient (Wildman–Crippen LogP) is 3.01. The van der Waals surface area contributed by atoms with Crippen LogP contribution in [0.4, 0.5) is 4.39 Å². The zero-order valence-electron chi connectivity index (χ0n) is 18.7. The highest BCUT2D eigenvalue weighted by Crippen LogP contribution is 2.33. The molecule has 2 heterocycles. The zero-order valence-corrected chi connectivity index (χ0v) is 18.7. The highest BCUT2D eigenvalue weighted by molar-refractivity contribution is 5.80. The number of amides is 2. The fourth-order valence-corrected chi connectivity index (χ4v) is 4.81. The van der Waals surface area contributed by atoms with Gasteiger partial charge in [0.25, 0.3) is 0 Å². The van der Waals surface area contributed by atoms with Crippen molar-refractivity contribution in [1.82, 2.24) is 14.7 Å². The van der Waals surface area contributed by atoms with Crippen LogP contribution in [0.2, 0.25) is 0 Å². The van der Waals surface area contributed by atoms with Crippen molar-refractivity contribution < 1.29 is 18.7 Å². The van der Waals surface area contributed by atoms with Crippen molar-refractivity contribution in [1.29, 1.82) is 0 Å². The van der Waals surface area contributed by atoms with E-state index >= 15 is 0 Å². The molecule has 0 spiro atoms. The van der Waals surface area contributed by atoms with E-state index in [1.165, 1.54) is 17.7 Å². The summed E-state index contributed by atoms with van der Waals surface area (Å²) >= 11 is 0. The third-order valence-corrected chi connectivity index (χ3v) is 6.55. The Labute approximate surface area is 188 Å². The number of carbonyl (C=O) groups is 2. The molecule has 0 aliphatic carbocycles. The lowest BCUT2D eigenvalue weighted by atomic mass is 9.90. The molecule has 0 bridgehead atoms. The van der Waals surface area contributed by atoms with E-state index in [0.29, 0.717) is 51.4 Å². The van der Waals surface area contributed by atoms with Gasteiger partial charge in [0.1, 0.15) is 11.6 Å². The summed E-state index contributed by atoms with van der Waals surface area (Å²) in [5, 5.41) is 0. The number of hydrogen-bond acceptors (Lipinski definition) is 4. The number of methoxy groups -OCH3 is 1. The molecule has 0 aromatic heterocycles. The summed E-state index contributed by atoms with van der Waals surface area (Å²) in [6.45, 7) is 5.46. The summed E-state index contributed by atoms with van der Waals surface area (Å²) in [6, 6.07) is 12.4. The van der Waals surface area contributed by atoms with Crippen molar-refractivity contribution in [2.24, 2.45) is 0 Å². The second-order valence-corrected chi connectivity index (χ2v) is 8.49. The predicted molar refractivity (Wildman–Crippen MR) is 120 cm³/mol. The molecule has 2 aliphatic rings. The summed E-state index contributed by atoms with van der Waals surface area (Å²) in [5.41, 5.74) is 3.11. The molecule has 2 aromatic carbocycles. The van der Waals surface area contributed by atoms with Crippen molar-refractivity contribution in [3.05, 3.63) is 65.0 Å². The minimum Gasteiger partial charge on any atom is -0.496 e. The lowest BCUT2D eigenvalue weighted by Crippen LogP contribution is -2.49. The van der Waals surface area contributed by atoms with Gasteiger partial charge >= 0.3 is 0 Å².